The monoisotopic (exact) mass is 241 g/mol. The fourth-order valence-electron chi connectivity index (χ4n) is 2.54. The molecule has 2 heteroatoms. The maximum atomic E-state index is 12.2. The van der Waals surface area contributed by atoms with Crippen LogP contribution in [0.5, 0.6) is 0 Å². The van der Waals surface area contributed by atoms with Crippen LogP contribution in [0.3, 0.4) is 0 Å². The standard InChI is InChI=1S/C16H19NO/c1-11(2)8-13(10-17)16(18)15-9-14(15)12-6-4-3-5-7-12/h3-7,11,13-15H,8-9H2,1-2H3. The normalized spacial score (nSPS) is 23.4. The van der Waals surface area contributed by atoms with E-state index in [1.165, 1.54) is 5.56 Å². The molecule has 2 nitrogen and oxygen atoms in total. The maximum Gasteiger partial charge on any atom is 0.153 e. The van der Waals surface area contributed by atoms with Gasteiger partial charge in [0.2, 0.25) is 0 Å². The van der Waals surface area contributed by atoms with Crippen LogP contribution in [0.1, 0.15) is 38.2 Å². The second kappa shape index (κ2) is 5.35. The molecule has 0 N–H and O–H groups in total. The van der Waals surface area contributed by atoms with Gasteiger partial charge in [-0.15, -0.1) is 0 Å². The largest absolute Gasteiger partial charge is 0.298 e. The van der Waals surface area contributed by atoms with E-state index in [0.717, 1.165) is 6.42 Å². The first-order valence-electron chi connectivity index (χ1n) is 6.61. The number of benzene rings is 1. The lowest BCUT2D eigenvalue weighted by atomic mass is 9.91. The average Bonchev–Trinajstić information content (AvgIpc) is 3.16. The molecule has 1 aromatic carbocycles. The van der Waals surface area contributed by atoms with E-state index in [-0.39, 0.29) is 11.7 Å². The van der Waals surface area contributed by atoms with Crippen LogP contribution in [0.25, 0.3) is 0 Å². The summed E-state index contributed by atoms with van der Waals surface area (Å²) < 4.78 is 0. The molecule has 0 bridgehead atoms. The van der Waals surface area contributed by atoms with Crippen LogP contribution in [0.2, 0.25) is 0 Å². The zero-order valence-electron chi connectivity index (χ0n) is 11.0. The van der Waals surface area contributed by atoms with Crippen molar-refractivity contribution >= 4 is 5.78 Å². The minimum atomic E-state index is -0.413. The third-order valence-corrected chi connectivity index (χ3v) is 3.59. The van der Waals surface area contributed by atoms with Crippen LogP contribution in [-0.4, -0.2) is 5.78 Å². The van der Waals surface area contributed by atoms with Gasteiger partial charge in [0.25, 0.3) is 0 Å². The summed E-state index contributed by atoms with van der Waals surface area (Å²) in [6.07, 6.45) is 1.60. The fraction of sp³-hybridized carbons (Fsp3) is 0.500. The lowest BCUT2D eigenvalue weighted by molar-refractivity contribution is -0.123. The predicted octanol–water partition coefficient (Wildman–Crippen LogP) is 3.55. The highest BCUT2D eigenvalue weighted by molar-refractivity contribution is 5.89. The average molecular weight is 241 g/mol. The van der Waals surface area contributed by atoms with Crippen molar-refractivity contribution < 1.29 is 4.79 Å². The van der Waals surface area contributed by atoms with Crippen LogP contribution in [-0.2, 0) is 4.79 Å². The highest BCUT2D eigenvalue weighted by atomic mass is 16.1. The van der Waals surface area contributed by atoms with Crippen molar-refractivity contribution in [3.63, 3.8) is 0 Å². The molecule has 0 aliphatic heterocycles. The zero-order chi connectivity index (χ0) is 13.1. The first kappa shape index (κ1) is 12.8. The van der Waals surface area contributed by atoms with Gasteiger partial charge in [0.05, 0.1) is 6.07 Å². The summed E-state index contributed by atoms with van der Waals surface area (Å²) in [5.74, 6) is 0.564. The van der Waals surface area contributed by atoms with Crippen LogP contribution < -0.4 is 0 Å². The Labute approximate surface area is 109 Å². The number of Topliss-reactive ketones (excluding diaryl/α,β-unsaturated/α-hetero) is 1. The Morgan fingerprint density at radius 2 is 2.06 bits per heavy atom. The van der Waals surface area contributed by atoms with Crippen molar-refractivity contribution in [3.05, 3.63) is 35.9 Å². The van der Waals surface area contributed by atoms with Crippen molar-refractivity contribution in [2.45, 2.75) is 32.6 Å². The Hall–Kier alpha value is -1.62. The van der Waals surface area contributed by atoms with Gasteiger partial charge in [0.15, 0.2) is 5.78 Å². The van der Waals surface area contributed by atoms with Gasteiger partial charge in [-0.1, -0.05) is 44.2 Å². The van der Waals surface area contributed by atoms with E-state index in [1.807, 2.05) is 18.2 Å². The van der Waals surface area contributed by atoms with E-state index in [1.54, 1.807) is 0 Å². The number of hydrogen-bond acceptors (Lipinski definition) is 2. The molecule has 1 aliphatic carbocycles. The van der Waals surface area contributed by atoms with Crippen molar-refractivity contribution in [1.29, 1.82) is 5.26 Å². The third-order valence-electron chi connectivity index (χ3n) is 3.59. The summed E-state index contributed by atoms with van der Waals surface area (Å²) in [4.78, 5) is 12.2. The minimum Gasteiger partial charge on any atom is -0.298 e. The molecule has 3 atom stereocenters. The van der Waals surface area contributed by atoms with Gasteiger partial charge in [0.1, 0.15) is 5.92 Å². The highest BCUT2D eigenvalue weighted by Crippen LogP contribution is 2.49. The molecule has 0 amide bonds. The smallest absolute Gasteiger partial charge is 0.153 e. The lowest BCUT2D eigenvalue weighted by Crippen LogP contribution is -2.17. The molecular formula is C16H19NO. The Morgan fingerprint density at radius 1 is 1.39 bits per heavy atom. The Bertz CT molecular complexity index is 458. The van der Waals surface area contributed by atoms with Gasteiger partial charge in [-0.2, -0.15) is 5.26 Å². The molecule has 1 saturated carbocycles. The number of hydrogen-bond donors (Lipinski definition) is 0. The summed E-state index contributed by atoms with van der Waals surface area (Å²) in [6, 6.07) is 12.3. The number of nitriles is 1. The van der Waals surface area contributed by atoms with Gasteiger partial charge < -0.3 is 0 Å². The molecule has 94 valence electrons. The van der Waals surface area contributed by atoms with Crippen LogP contribution in [0.4, 0.5) is 0 Å². The topological polar surface area (TPSA) is 40.9 Å². The van der Waals surface area contributed by atoms with E-state index >= 15 is 0 Å². The number of nitrogens with zero attached hydrogens (tertiary/aromatic N) is 1. The molecule has 1 fully saturated rings. The molecule has 0 spiro atoms. The van der Waals surface area contributed by atoms with E-state index in [2.05, 4.69) is 32.0 Å². The van der Waals surface area contributed by atoms with Crippen molar-refractivity contribution in [2.75, 3.05) is 0 Å². The van der Waals surface area contributed by atoms with Crippen molar-refractivity contribution in [1.82, 2.24) is 0 Å². The number of rotatable bonds is 5. The van der Waals surface area contributed by atoms with Crippen molar-refractivity contribution in [2.24, 2.45) is 17.8 Å². The second-order valence-corrected chi connectivity index (χ2v) is 5.57. The van der Waals surface area contributed by atoms with E-state index in [0.29, 0.717) is 18.3 Å². The van der Waals surface area contributed by atoms with Gasteiger partial charge in [-0.25, -0.2) is 0 Å². The molecule has 3 unspecified atom stereocenters. The van der Waals surface area contributed by atoms with Gasteiger partial charge in [-0.05, 0) is 30.2 Å². The summed E-state index contributed by atoms with van der Waals surface area (Å²) in [5, 5.41) is 9.11. The predicted molar refractivity (Wildman–Crippen MR) is 70.9 cm³/mol. The number of carbonyl (C=O) groups excluding carboxylic acids is 1. The van der Waals surface area contributed by atoms with Gasteiger partial charge in [0, 0.05) is 5.92 Å². The molecule has 18 heavy (non-hydrogen) atoms. The van der Waals surface area contributed by atoms with E-state index in [9.17, 15) is 4.79 Å². The summed E-state index contributed by atoms with van der Waals surface area (Å²) in [5.41, 5.74) is 1.23. The number of carbonyl (C=O) groups is 1. The van der Waals surface area contributed by atoms with Gasteiger partial charge in [-0.3, -0.25) is 4.79 Å². The Morgan fingerprint density at radius 3 is 2.61 bits per heavy atom. The quantitative estimate of drug-likeness (QED) is 0.791. The molecule has 1 aromatic rings. The lowest BCUT2D eigenvalue weighted by Gasteiger charge is -2.10. The first-order valence-corrected chi connectivity index (χ1v) is 6.61. The Kier molecular flexibility index (Phi) is 3.81. The van der Waals surface area contributed by atoms with Crippen molar-refractivity contribution in [3.8, 4) is 6.07 Å². The molecule has 0 radical (unpaired) electrons. The maximum absolute atomic E-state index is 12.2. The first-order chi connectivity index (χ1) is 8.63. The summed E-state index contributed by atoms with van der Waals surface area (Å²) in [7, 11) is 0. The molecule has 0 aromatic heterocycles. The third kappa shape index (κ3) is 2.79. The molecule has 0 heterocycles. The zero-order valence-corrected chi connectivity index (χ0v) is 11.0. The summed E-state index contributed by atoms with van der Waals surface area (Å²) >= 11 is 0. The molecule has 0 saturated heterocycles. The molecular weight excluding hydrogens is 222 g/mol. The number of ketones is 1. The fourth-order valence-corrected chi connectivity index (χ4v) is 2.54. The van der Waals surface area contributed by atoms with Crippen LogP contribution >= 0.6 is 0 Å². The van der Waals surface area contributed by atoms with Crippen LogP contribution in [0.15, 0.2) is 30.3 Å². The van der Waals surface area contributed by atoms with Crippen LogP contribution in [0, 0.1) is 29.1 Å². The SMILES string of the molecule is CC(C)CC(C#N)C(=O)C1CC1c1ccccc1. The molecule has 1 aliphatic rings. The van der Waals surface area contributed by atoms with E-state index < -0.39 is 5.92 Å². The summed E-state index contributed by atoms with van der Waals surface area (Å²) in [6.45, 7) is 4.11. The highest BCUT2D eigenvalue weighted by Gasteiger charge is 2.45. The molecule has 2 rings (SSSR count). The second-order valence-electron chi connectivity index (χ2n) is 5.57. The Balaban J connectivity index is 1.99. The van der Waals surface area contributed by atoms with Gasteiger partial charge >= 0.3 is 0 Å². The van der Waals surface area contributed by atoms with E-state index in [4.69, 9.17) is 5.26 Å². The minimum absolute atomic E-state index is 0.0794.